The molecule has 7 N–H and O–H groups in total. The zero-order valence-electron chi connectivity index (χ0n) is 18.4. The second kappa shape index (κ2) is 11.6. The van der Waals surface area contributed by atoms with Crippen LogP contribution in [0.2, 0.25) is 0 Å². The van der Waals surface area contributed by atoms with Crippen molar-refractivity contribution in [1.29, 1.82) is 0 Å². The maximum Gasteiger partial charge on any atom is 0.326 e. The second-order valence-corrected chi connectivity index (χ2v) is 8.29. The fourth-order valence-corrected chi connectivity index (χ4v) is 3.42. The number of carboxylic acid groups (broad SMARTS) is 1. The molecule has 0 bridgehead atoms. The number of aromatic amines is 1. The quantitative estimate of drug-likeness (QED) is 0.207. The summed E-state index contributed by atoms with van der Waals surface area (Å²) in [4.78, 5) is 56.4. The topological polar surface area (TPSA) is 186 Å². The molecule has 32 heavy (non-hydrogen) atoms. The molecule has 0 saturated carbocycles. The third-order valence-electron chi connectivity index (χ3n) is 5.28. The molecule has 0 spiro atoms. The Morgan fingerprint density at radius 3 is 2.34 bits per heavy atom. The minimum Gasteiger partial charge on any atom is -0.480 e. The van der Waals surface area contributed by atoms with E-state index in [9.17, 15) is 29.4 Å². The van der Waals surface area contributed by atoms with Crippen molar-refractivity contribution < 1.29 is 29.4 Å². The molecule has 2 heterocycles. The molecule has 0 radical (unpaired) electrons. The lowest BCUT2D eigenvalue weighted by Crippen LogP contribution is -2.60. The molecule has 5 unspecified atom stereocenters. The smallest absolute Gasteiger partial charge is 0.326 e. The molecule has 0 aromatic carbocycles. The SMILES string of the molecule is CC(C)C(NC(=O)C(Cc1cnc[nH]1)NC(=O)C(NC(=O)C1CCCN1)C(C)O)C(=O)O. The summed E-state index contributed by atoms with van der Waals surface area (Å²) in [5.41, 5.74) is 0.537. The fraction of sp³-hybridized carbons (Fsp3) is 0.650. The van der Waals surface area contributed by atoms with E-state index in [0.29, 0.717) is 18.7 Å². The normalized spacial score (nSPS) is 19.6. The summed E-state index contributed by atoms with van der Waals surface area (Å²) in [5.74, 6) is -3.46. The van der Waals surface area contributed by atoms with Gasteiger partial charge in [0.05, 0.1) is 18.5 Å². The zero-order valence-corrected chi connectivity index (χ0v) is 18.4. The second-order valence-electron chi connectivity index (χ2n) is 8.29. The van der Waals surface area contributed by atoms with Crippen LogP contribution in [0.15, 0.2) is 12.5 Å². The first-order chi connectivity index (χ1) is 15.1. The molecular weight excluding hydrogens is 420 g/mol. The molecule has 1 fully saturated rings. The molecule has 178 valence electrons. The van der Waals surface area contributed by atoms with Crippen LogP contribution >= 0.6 is 0 Å². The summed E-state index contributed by atoms with van der Waals surface area (Å²) in [6, 6.07) is -4.05. The van der Waals surface area contributed by atoms with E-state index in [-0.39, 0.29) is 12.3 Å². The van der Waals surface area contributed by atoms with Gasteiger partial charge in [-0.2, -0.15) is 0 Å². The van der Waals surface area contributed by atoms with Gasteiger partial charge in [-0.3, -0.25) is 14.4 Å². The van der Waals surface area contributed by atoms with E-state index in [4.69, 9.17) is 0 Å². The Bertz CT molecular complexity index is 791. The highest BCUT2D eigenvalue weighted by atomic mass is 16.4. The Morgan fingerprint density at radius 1 is 1.12 bits per heavy atom. The summed E-state index contributed by atoms with van der Waals surface area (Å²) in [6.45, 7) is 5.35. The molecule has 1 aromatic heterocycles. The predicted molar refractivity (Wildman–Crippen MR) is 113 cm³/mol. The number of carbonyl (C=O) groups is 4. The summed E-state index contributed by atoms with van der Waals surface area (Å²) >= 11 is 0. The number of aromatic nitrogens is 2. The molecule has 1 aromatic rings. The van der Waals surface area contributed by atoms with E-state index < -0.39 is 54.0 Å². The van der Waals surface area contributed by atoms with Gasteiger partial charge in [-0.05, 0) is 32.2 Å². The zero-order chi connectivity index (χ0) is 23.8. The van der Waals surface area contributed by atoms with E-state index in [2.05, 4.69) is 31.2 Å². The van der Waals surface area contributed by atoms with Gasteiger partial charge in [0.2, 0.25) is 17.7 Å². The Kier molecular flexibility index (Phi) is 9.14. The van der Waals surface area contributed by atoms with Crippen molar-refractivity contribution in [3.05, 3.63) is 18.2 Å². The molecular formula is C20H32N6O6. The number of imidazole rings is 1. The Balaban J connectivity index is 2.14. The molecule has 1 aliphatic rings. The standard InChI is InChI=1S/C20H32N6O6/c1-10(2)15(20(31)32)25-18(29)14(7-12-8-21-9-23-12)24-19(30)16(11(3)27)26-17(28)13-5-4-6-22-13/h8-11,13-16,22,27H,4-7H2,1-3H3,(H,21,23)(H,24,30)(H,25,29)(H,26,28)(H,31,32). The molecule has 1 aliphatic heterocycles. The van der Waals surface area contributed by atoms with Gasteiger partial charge < -0.3 is 36.5 Å². The van der Waals surface area contributed by atoms with Gasteiger partial charge in [0, 0.05) is 18.3 Å². The van der Waals surface area contributed by atoms with Gasteiger partial charge in [0.25, 0.3) is 0 Å². The highest BCUT2D eigenvalue weighted by Gasteiger charge is 2.34. The van der Waals surface area contributed by atoms with Gasteiger partial charge in [0.1, 0.15) is 18.1 Å². The highest BCUT2D eigenvalue weighted by Crippen LogP contribution is 2.08. The molecule has 2 rings (SSSR count). The minimum absolute atomic E-state index is 0.00661. The van der Waals surface area contributed by atoms with Crippen LogP contribution in [0.3, 0.4) is 0 Å². The van der Waals surface area contributed by atoms with Crippen molar-refractivity contribution in [1.82, 2.24) is 31.2 Å². The average Bonchev–Trinajstić information content (AvgIpc) is 3.42. The van der Waals surface area contributed by atoms with Gasteiger partial charge in [0.15, 0.2) is 0 Å². The first kappa shape index (κ1) is 25.3. The van der Waals surface area contributed by atoms with E-state index >= 15 is 0 Å². The number of amides is 3. The monoisotopic (exact) mass is 452 g/mol. The van der Waals surface area contributed by atoms with E-state index in [1.165, 1.54) is 19.4 Å². The number of aliphatic carboxylic acids is 1. The van der Waals surface area contributed by atoms with Crippen molar-refractivity contribution in [2.24, 2.45) is 5.92 Å². The highest BCUT2D eigenvalue weighted by molar-refractivity contribution is 5.94. The van der Waals surface area contributed by atoms with Crippen molar-refractivity contribution in [3.63, 3.8) is 0 Å². The lowest BCUT2D eigenvalue weighted by molar-refractivity contribution is -0.143. The van der Waals surface area contributed by atoms with Gasteiger partial charge in [-0.15, -0.1) is 0 Å². The van der Waals surface area contributed by atoms with E-state index in [1.54, 1.807) is 13.8 Å². The lowest BCUT2D eigenvalue weighted by Gasteiger charge is -2.27. The number of carboxylic acids is 1. The van der Waals surface area contributed by atoms with Gasteiger partial charge in [-0.25, -0.2) is 9.78 Å². The molecule has 0 aliphatic carbocycles. The first-order valence-corrected chi connectivity index (χ1v) is 10.6. The summed E-state index contributed by atoms with van der Waals surface area (Å²) < 4.78 is 0. The first-order valence-electron chi connectivity index (χ1n) is 10.6. The van der Waals surface area contributed by atoms with Crippen LogP contribution in [0.25, 0.3) is 0 Å². The Labute approximate surface area is 185 Å². The van der Waals surface area contributed by atoms with Crippen LogP contribution in [0.4, 0.5) is 0 Å². The number of aliphatic hydroxyl groups is 1. The van der Waals surface area contributed by atoms with E-state index in [1.807, 2.05) is 0 Å². The molecule has 1 saturated heterocycles. The molecule has 3 amide bonds. The van der Waals surface area contributed by atoms with Gasteiger partial charge >= 0.3 is 5.97 Å². The third-order valence-corrected chi connectivity index (χ3v) is 5.28. The Hall–Kier alpha value is -2.99. The molecule has 5 atom stereocenters. The maximum atomic E-state index is 12.9. The van der Waals surface area contributed by atoms with Crippen molar-refractivity contribution >= 4 is 23.7 Å². The van der Waals surface area contributed by atoms with Crippen LogP contribution < -0.4 is 21.3 Å². The summed E-state index contributed by atoms with van der Waals surface area (Å²) in [6.07, 6.45) is 3.12. The molecule has 12 heteroatoms. The summed E-state index contributed by atoms with van der Waals surface area (Å²) in [5, 5.41) is 30.0. The van der Waals surface area contributed by atoms with Crippen LogP contribution in [-0.4, -0.2) is 80.7 Å². The largest absolute Gasteiger partial charge is 0.480 e. The van der Waals surface area contributed by atoms with Crippen molar-refractivity contribution in [2.45, 2.75) is 70.3 Å². The van der Waals surface area contributed by atoms with Crippen LogP contribution in [0, 0.1) is 5.92 Å². The van der Waals surface area contributed by atoms with Crippen molar-refractivity contribution in [3.8, 4) is 0 Å². The number of hydrogen-bond donors (Lipinski definition) is 7. The van der Waals surface area contributed by atoms with Crippen LogP contribution in [-0.2, 0) is 25.6 Å². The number of H-pyrrole nitrogens is 1. The molecule has 12 nitrogen and oxygen atoms in total. The third kappa shape index (κ3) is 7.02. The van der Waals surface area contributed by atoms with E-state index in [0.717, 1.165) is 6.42 Å². The number of hydrogen-bond acceptors (Lipinski definition) is 7. The lowest BCUT2D eigenvalue weighted by atomic mass is 10.0. The van der Waals surface area contributed by atoms with Gasteiger partial charge in [-0.1, -0.05) is 13.8 Å². The maximum absolute atomic E-state index is 12.9. The predicted octanol–water partition coefficient (Wildman–Crippen LogP) is -1.72. The number of carbonyl (C=O) groups excluding carboxylic acids is 3. The Morgan fingerprint density at radius 2 is 1.84 bits per heavy atom. The fourth-order valence-electron chi connectivity index (χ4n) is 3.42. The number of rotatable bonds is 11. The average molecular weight is 453 g/mol. The van der Waals surface area contributed by atoms with Crippen LogP contribution in [0.1, 0.15) is 39.3 Å². The number of nitrogens with zero attached hydrogens (tertiary/aromatic N) is 1. The minimum atomic E-state index is -1.29. The summed E-state index contributed by atoms with van der Waals surface area (Å²) in [7, 11) is 0. The number of nitrogens with one attached hydrogen (secondary N) is 5. The van der Waals surface area contributed by atoms with Crippen molar-refractivity contribution in [2.75, 3.05) is 6.54 Å². The number of aliphatic hydroxyl groups excluding tert-OH is 1. The van der Waals surface area contributed by atoms with Crippen LogP contribution in [0.5, 0.6) is 0 Å².